The second-order valence-corrected chi connectivity index (χ2v) is 22.5. The Morgan fingerprint density at radius 2 is 0.908 bits per heavy atom. The van der Waals surface area contributed by atoms with Gasteiger partial charge >= 0.3 is 5.97 Å². The van der Waals surface area contributed by atoms with E-state index in [9.17, 15) is 35.1 Å². The molecule has 0 saturated carbocycles. The highest BCUT2D eigenvalue weighted by atomic mass is 16.7. The largest absolute Gasteiger partial charge is 0.454 e. The quantitative estimate of drug-likeness (QED) is 0.0195. The number of aliphatic hydroxyl groups excluding tert-OH is 5. The van der Waals surface area contributed by atoms with E-state index in [2.05, 4.69) is 50.4 Å². The SMILES string of the molecule is CCCCC/C=C\C/C=C\CCCCCCCCCCCCCCC(O)C(=O)NC(COC1OC(CO)C(O)C(O)C1OC(=O)CCCCCCCCCCCCCCC)C(O)/C=C/CCCCCCCCCCCC. The smallest absolute Gasteiger partial charge is 0.306 e. The molecule has 0 spiro atoms. The van der Waals surface area contributed by atoms with Crippen LogP contribution in [-0.4, -0.2) is 99.6 Å². The number of carbonyl (C=O) groups is 2. The van der Waals surface area contributed by atoms with Gasteiger partial charge in [-0.25, -0.2) is 0 Å². The van der Waals surface area contributed by atoms with Gasteiger partial charge in [-0.2, -0.15) is 0 Å². The molecule has 0 aromatic heterocycles. The highest BCUT2D eigenvalue weighted by Gasteiger charge is 2.47. The van der Waals surface area contributed by atoms with Gasteiger partial charge in [-0.1, -0.05) is 276 Å². The minimum absolute atomic E-state index is 0.128. The van der Waals surface area contributed by atoms with Crippen LogP contribution in [0.2, 0.25) is 0 Å². The van der Waals surface area contributed by atoms with E-state index in [4.69, 9.17) is 14.2 Å². The van der Waals surface area contributed by atoms with E-state index in [1.54, 1.807) is 6.08 Å². The molecule has 6 N–H and O–H groups in total. The molecule has 11 heteroatoms. The first-order valence-electron chi connectivity index (χ1n) is 32.3. The summed E-state index contributed by atoms with van der Waals surface area (Å²) >= 11 is 0. The number of hydrogen-bond donors (Lipinski definition) is 6. The summed E-state index contributed by atoms with van der Waals surface area (Å²) in [5.74, 6) is -1.18. The van der Waals surface area contributed by atoms with Crippen LogP contribution in [0, 0.1) is 0 Å². The molecule has 1 fully saturated rings. The number of carbonyl (C=O) groups excluding carboxylic acids is 2. The van der Waals surface area contributed by atoms with Crippen LogP contribution in [0.5, 0.6) is 0 Å². The summed E-state index contributed by atoms with van der Waals surface area (Å²) in [4.78, 5) is 26.5. The van der Waals surface area contributed by atoms with E-state index >= 15 is 0 Å². The van der Waals surface area contributed by atoms with Gasteiger partial charge < -0.3 is 45.1 Å². The zero-order valence-corrected chi connectivity index (χ0v) is 49.4. The molecule has 1 aliphatic rings. The average molecular weight is 1080 g/mol. The van der Waals surface area contributed by atoms with E-state index in [0.29, 0.717) is 19.3 Å². The monoisotopic (exact) mass is 1080 g/mol. The van der Waals surface area contributed by atoms with Crippen LogP contribution < -0.4 is 5.32 Å². The third kappa shape index (κ3) is 41.0. The number of hydrogen-bond acceptors (Lipinski definition) is 10. The Morgan fingerprint density at radius 1 is 0.513 bits per heavy atom. The molecule has 76 heavy (non-hydrogen) atoms. The predicted molar refractivity (Wildman–Crippen MR) is 315 cm³/mol. The van der Waals surface area contributed by atoms with Gasteiger partial charge in [0.25, 0.3) is 0 Å². The number of esters is 1. The number of ether oxygens (including phenoxy) is 3. The lowest BCUT2D eigenvalue weighted by Crippen LogP contribution is -2.61. The van der Waals surface area contributed by atoms with E-state index < -0.39 is 67.4 Å². The number of rotatable bonds is 55. The van der Waals surface area contributed by atoms with Crippen molar-refractivity contribution in [2.75, 3.05) is 13.2 Å². The standard InChI is InChI=1S/C65H121NO10/c1-4-7-10-13-16-19-22-25-26-27-28-29-30-31-32-33-35-37-40-43-46-49-52-58(69)64(73)66-56(57(68)51-48-45-42-39-36-24-21-18-15-12-9-6-3)55-74-65-63(62(72)61(71)59(54-67)75-65)76-60(70)53-50-47-44-41-38-34-23-20-17-14-11-8-5-2/h16,19,25-26,48,51,56-59,61-63,65,67-69,71-72H,4-15,17-18,20-24,27-47,49-50,52-55H2,1-3H3,(H,66,73)/b19-16-,26-25-,51-48+. The van der Waals surface area contributed by atoms with Crippen molar-refractivity contribution in [3.05, 3.63) is 36.5 Å². The van der Waals surface area contributed by atoms with Crippen molar-refractivity contribution in [3.8, 4) is 0 Å². The molecule has 11 nitrogen and oxygen atoms in total. The van der Waals surface area contributed by atoms with Gasteiger partial charge in [-0.05, 0) is 57.8 Å². The van der Waals surface area contributed by atoms with E-state index in [-0.39, 0.29) is 13.0 Å². The van der Waals surface area contributed by atoms with Crippen LogP contribution in [0.25, 0.3) is 0 Å². The molecule has 8 atom stereocenters. The lowest BCUT2D eigenvalue weighted by molar-refractivity contribution is -0.305. The summed E-state index contributed by atoms with van der Waals surface area (Å²) in [6, 6.07) is -1.02. The molecule has 1 saturated heterocycles. The Labute approximate surface area is 466 Å². The highest BCUT2D eigenvalue weighted by molar-refractivity contribution is 5.80. The molecular weight excluding hydrogens is 955 g/mol. The van der Waals surface area contributed by atoms with Gasteiger partial charge in [0.1, 0.15) is 24.4 Å². The van der Waals surface area contributed by atoms with Crippen LogP contribution in [0.15, 0.2) is 36.5 Å². The first-order chi connectivity index (χ1) is 37.2. The fourth-order valence-electron chi connectivity index (χ4n) is 10.2. The third-order valence-electron chi connectivity index (χ3n) is 15.3. The first kappa shape index (κ1) is 71.9. The zero-order valence-electron chi connectivity index (χ0n) is 49.4. The summed E-state index contributed by atoms with van der Waals surface area (Å²) in [5, 5.41) is 57.0. The molecule has 0 aromatic rings. The Hall–Kier alpha value is -2.12. The van der Waals surface area contributed by atoms with Crippen molar-refractivity contribution in [2.45, 2.75) is 352 Å². The highest BCUT2D eigenvalue weighted by Crippen LogP contribution is 2.26. The van der Waals surface area contributed by atoms with E-state index in [1.165, 1.54) is 193 Å². The molecule has 1 aliphatic heterocycles. The van der Waals surface area contributed by atoms with Crippen molar-refractivity contribution in [3.63, 3.8) is 0 Å². The summed E-state index contributed by atoms with van der Waals surface area (Å²) in [6.07, 6.45) is 53.3. The second-order valence-electron chi connectivity index (χ2n) is 22.5. The van der Waals surface area contributed by atoms with Crippen LogP contribution >= 0.6 is 0 Å². The Bertz CT molecular complexity index is 1380. The maximum atomic E-state index is 13.4. The van der Waals surface area contributed by atoms with Gasteiger partial charge in [0.05, 0.1) is 25.4 Å². The van der Waals surface area contributed by atoms with Crippen molar-refractivity contribution in [1.29, 1.82) is 0 Å². The number of unbranched alkanes of at least 4 members (excludes halogenated alkanes) is 37. The molecule has 0 aromatic carbocycles. The van der Waals surface area contributed by atoms with Gasteiger partial charge in [-0.3, -0.25) is 9.59 Å². The maximum Gasteiger partial charge on any atom is 0.306 e. The minimum atomic E-state index is -1.61. The molecule has 8 unspecified atom stereocenters. The molecule has 0 bridgehead atoms. The second kappa shape index (κ2) is 53.5. The number of allylic oxidation sites excluding steroid dienone is 5. The molecule has 1 amide bonds. The normalized spacial score (nSPS) is 19.3. The summed E-state index contributed by atoms with van der Waals surface area (Å²) in [6.45, 7) is 5.78. The molecule has 0 aliphatic carbocycles. The van der Waals surface area contributed by atoms with Gasteiger partial charge in [-0.15, -0.1) is 0 Å². The lowest BCUT2D eigenvalue weighted by Gasteiger charge is -2.41. The summed E-state index contributed by atoms with van der Waals surface area (Å²) in [7, 11) is 0. The number of nitrogens with one attached hydrogen (secondary N) is 1. The number of aliphatic hydroxyl groups is 5. The Kier molecular flexibility index (Phi) is 50.6. The topological polar surface area (TPSA) is 175 Å². The Morgan fingerprint density at radius 3 is 1.37 bits per heavy atom. The zero-order chi connectivity index (χ0) is 55.4. The molecule has 446 valence electrons. The van der Waals surface area contributed by atoms with Crippen molar-refractivity contribution >= 4 is 11.9 Å². The van der Waals surface area contributed by atoms with Crippen molar-refractivity contribution < 1.29 is 49.3 Å². The van der Waals surface area contributed by atoms with Gasteiger partial charge in [0.15, 0.2) is 12.4 Å². The molecular formula is C65H121NO10. The van der Waals surface area contributed by atoms with Crippen LogP contribution in [0.4, 0.5) is 0 Å². The van der Waals surface area contributed by atoms with Gasteiger partial charge in [0, 0.05) is 6.42 Å². The van der Waals surface area contributed by atoms with Crippen LogP contribution in [0.3, 0.4) is 0 Å². The number of amides is 1. The van der Waals surface area contributed by atoms with E-state index in [0.717, 1.165) is 64.2 Å². The summed E-state index contributed by atoms with van der Waals surface area (Å²) < 4.78 is 17.6. The van der Waals surface area contributed by atoms with Crippen LogP contribution in [0.1, 0.15) is 303 Å². The first-order valence-corrected chi connectivity index (χ1v) is 32.3. The minimum Gasteiger partial charge on any atom is -0.454 e. The molecule has 1 rings (SSSR count). The third-order valence-corrected chi connectivity index (χ3v) is 15.3. The average Bonchev–Trinajstić information content (AvgIpc) is 3.42. The lowest BCUT2D eigenvalue weighted by atomic mass is 9.99. The van der Waals surface area contributed by atoms with Crippen molar-refractivity contribution in [2.24, 2.45) is 0 Å². The Balaban J connectivity index is 2.62. The van der Waals surface area contributed by atoms with Crippen LogP contribution in [-0.2, 0) is 23.8 Å². The molecule has 1 heterocycles. The maximum absolute atomic E-state index is 13.4. The van der Waals surface area contributed by atoms with E-state index in [1.807, 2.05) is 6.08 Å². The van der Waals surface area contributed by atoms with Crippen molar-refractivity contribution in [1.82, 2.24) is 5.32 Å². The fraction of sp³-hybridized carbons (Fsp3) is 0.877. The fourth-order valence-corrected chi connectivity index (χ4v) is 10.2. The summed E-state index contributed by atoms with van der Waals surface area (Å²) in [5.41, 5.74) is 0. The predicted octanol–water partition coefficient (Wildman–Crippen LogP) is 15.5. The molecule has 0 radical (unpaired) electrons. The van der Waals surface area contributed by atoms with Gasteiger partial charge in [0.2, 0.25) is 5.91 Å².